The van der Waals surface area contributed by atoms with Gasteiger partial charge in [0.05, 0.1) is 5.01 Å². The van der Waals surface area contributed by atoms with Gasteiger partial charge in [0.2, 0.25) is 0 Å². The summed E-state index contributed by atoms with van der Waals surface area (Å²) in [5.74, 6) is 0. The van der Waals surface area contributed by atoms with Gasteiger partial charge in [-0.2, -0.15) is 0 Å². The molecule has 0 spiro atoms. The molecule has 1 aromatic heterocycles. The zero-order valence-corrected chi connectivity index (χ0v) is 10.7. The molecule has 0 saturated heterocycles. The Kier molecular flexibility index (Phi) is 4.70. The molecule has 15 heavy (non-hydrogen) atoms. The highest BCUT2D eigenvalue weighted by atomic mass is 32.1. The van der Waals surface area contributed by atoms with Crippen LogP contribution >= 0.6 is 11.3 Å². The fraction of sp³-hybridized carbons (Fsp3) is 0.727. The standard InChI is InChI=1S/C11H21N3S/c1-4-5-11(3,12)8-13-6-10-7-14-9(2)15-10/h7,13H,4-6,8,12H2,1-3H3. The van der Waals surface area contributed by atoms with Gasteiger partial charge in [-0.05, 0) is 20.3 Å². The van der Waals surface area contributed by atoms with Gasteiger partial charge in [0.1, 0.15) is 0 Å². The molecular formula is C11H21N3S. The maximum absolute atomic E-state index is 6.12. The Hall–Kier alpha value is -0.450. The van der Waals surface area contributed by atoms with Crippen LogP contribution in [0.5, 0.6) is 0 Å². The van der Waals surface area contributed by atoms with Gasteiger partial charge in [-0.15, -0.1) is 11.3 Å². The van der Waals surface area contributed by atoms with Crippen molar-refractivity contribution in [2.45, 2.75) is 45.7 Å². The lowest BCUT2D eigenvalue weighted by atomic mass is 9.98. The van der Waals surface area contributed by atoms with Crippen molar-refractivity contribution in [2.75, 3.05) is 6.54 Å². The van der Waals surface area contributed by atoms with Crippen LogP contribution in [0.4, 0.5) is 0 Å². The SMILES string of the molecule is CCCC(C)(N)CNCc1cnc(C)s1. The lowest BCUT2D eigenvalue weighted by Crippen LogP contribution is -2.45. The number of aromatic nitrogens is 1. The number of hydrogen-bond donors (Lipinski definition) is 2. The molecule has 1 atom stereocenters. The van der Waals surface area contributed by atoms with E-state index >= 15 is 0 Å². The molecule has 4 heteroatoms. The number of nitrogens with one attached hydrogen (secondary N) is 1. The number of hydrogen-bond acceptors (Lipinski definition) is 4. The average molecular weight is 227 g/mol. The van der Waals surface area contributed by atoms with Gasteiger partial charge in [0, 0.05) is 29.7 Å². The van der Waals surface area contributed by atoms with Gasteiger partial charge in [-0.25, -0.2) is 4.98 Å². The summed E-state index contributed by atoms with van der Waals surface area (Å²) in [4.78, 5) is 5.49. The maximum atomic E-state index is 6.12. The summed E-state index contributed by atoms with van der Waals surface area (Å²) >= 11 is 1.74. The summed E-state index contributed by atoms with van der Waals surface area (Å²) in [7, 11) is 0. The minimum absolute atomic E-state index is 0.0888. The van der Waals surface area contributed by atoms with Crippen LogP contribution in [0.2, 0.25) is 0 Å². The van der Waals surface area contributed by atoms with Crippen LogP contribution in [0, 0.1) is 6.92 Å². The minimum Gasteiger partial charge on any atom is -0.324 e. The minimum atomic E-state index is -0.0888. The molecule has 1 unspecified atom stereocenters. The third-order valence-corrected chi connectivity index (χ3v) is 3.23. The molecule has 3 N–H and O–H groups in total. The monoisotopic (exact) mass is 227 g/mol. The second-order valence-electron chi connectivity index (χ2n) is 4.35. The summed E-state index contributed by atoms with van der Waals surface area (Å²) in [6, 6.07) is 0. The fourth-order valence-electron chi connectivity index (χ4n) is 1.62. The van der Waals surface area contributed by atoms with E-state index in [0.717, 1.165) is 30.9 Å². The number of nitrogens with zero attached hydrogens (tertiary/aromatic N) is 1. The topological polar surface area (TPSA) is 50.9 Å². The van der Waals surface area contributed by atoms with Crippen molar-refractivity contribution in [2.24, 2.45) is 5.73 Å². The van der Waals surface area contributed by atoms with Gasteiger partial charge in [0.25, 0.3) is 0 Å². The zero-order valence-electron chi connectivity index (χ0n) is 9.84. The molecule has 1 aromatic rings. The molecule has 0 saturated carbocycles. The largest absolute Gasteiger partial charge is 0.324 e. The van der Waals surface area contributed by atoms with Gasteiger partial charge >= 0.3 is 0 Å². The van der Waals surface area contributed by atoms with Crippen LogP contribution in [0.3, 0.4) is 0 Å². The molecule has 0 amide bonds. The highest BCUT2D eigenvalue weighted by Gasteiger charge is 2.16. The molecule has 0 fully saturated rings. The van der Waals surface area contributed by atoms with Crippen molar-refractivity contribution < 1.29 is 0 Å². The first-order valence-electron chi connectivity index (χ1n) is 5.44. The normalized spacial score (nSPS) is 15.2. The Bertz CT molecular complexity index is 294. The Morgan fingerprint density at radius 2 is 2.33 bits per heavy atom. The van der Waals surface area contributed by atoms with E-state index in [1.54, 1.807) is 11.3 Å². The number of aryl methyl sites for hydroxylation is 1. The Balaban J connectivity index is 2.27. The Morgan fingerprint density at radius 3 is 2.87 bits per heavy atom. The lowest BCUT2D eigenvalue weighted by Gasteiger charge is -2.24. The van der Waals surface area contributed by atoms with Crippen molar-refractivity contribution in [1.82, 2.24) is 10.3 Å². The summed E-state index contributed by atoms with van der Waals surface area (Å²) in [5.41, 5.74) is 6.03. The van der Waals surface area contributed by atoms with E-state index in [1.165, 1.54) is 4.88 Å². The van der Waals surface area contributed by atoms with Gasteiger partial charge in [0.15, 0.2) is 0 Å². The van der Waals surface area contributed by atoms with Crippen molar-refractivity contribution >= 4 is 11.3 Å². The average Bonchev–Trinajstić information content (AvgIpc) is 2.51. The number of nitrogens with two attached hydrogens (primary N) is 1. The summed E-state index contributed by atoms with van der Waals surface area (Å²) < 4.78 is 0. The molecule has 0 aliphatic heterocycles. The van der Waals surface area contributed by atoms with Crippen molar-refractivity contribution in [3.05, 3.63) is 16.1 Å². The number of thiazole rings is 1. The Morgan fingerprint density at radius 1 is 1.60 bits per heavy atom. The van der Waals surface area contributed by atoms with E-state index in [2.05, 4.69) is 24.1 Å². The molecule has 1 heterocycles. The molecule has 0 aromatic carbocycles. The van der Waals surface area contributed by atoms with E-state index in [-0.39, 0.29) is 5.54 Å². The van der Waals surface area contributed by atoms with Gasteiger partial charge < -0.3 is 11.1 Å². The second kappa shape index (κ2) is 5.58. The van der Waals surface area contributed by atoms with Crippen molar-refractivity contribution in [1.29, 1.82) is 0 Å². The Labute approximate surface area is 96.1 Å². The molecule has 86 valence electrons. The van der Waals surface area contributed by atoms with Crippen LogP contribution in [-0.4, -0.2) is 17.1 Å². The predicted octanol–water partition coefficient (Wildman–Crippen LogP) is 2.06. The van der Waals surface area contributed by atoms with Crippen LogP contribution in [0.15, 0.2) is 6.20 Å². The highest BCUT2D eigenvalue weighted by molar-refractivity contribution is 7.11. The lowest BCUT2D eigenvalue weighted by molar-refractivity contribution is 0.397. The summed E-state index contributed by atoms with van der Waals surface area (Å²) in [5, 5.41) is 4.51. The van der Waals surface area contributed by atoms with E-state index in [4.69, 9.17) is 5.73 Å². The van der Waals surface area contributed by atoms with E-state index in [9.17, 15) is 0 Å². The van der Waals surface area contributed by atoms with E-state index < -0.39 is 0 Å². The van der Waals surface area contributed by atoms with Crippen molar-refractivity contribution in [3.8, 4) is 0 Å². The predicted molar refractivity (Wildman–Crippen MR) is 66.1 cm³/mol. The fourth-order valence-corrected chi connectivity index (χ4v) is 2.38. The van der Waals surface area contributed by atoms with Crippen molar-refractivity contribution in [3.63, 3.8) is 0 Å². The van der Waals surface area contributed by atoms with E-state index in [1.807, 2.05) is 13.1 Å². The summed E-state index contributed by atoms with van der Waals surface area (Å²) in [6.07, 6.45) is 4.12. The first-order chi connectivity index (χ1) is 7.03. The highest BCUT2D eigenvalue weighted by Crippen LogP contribution is 2.12. The van der Waals surface area contributed by atoms with Crippen LogP contribution in [0.1, 0.15) is 36.6 Å². The van der Waals surface area contributed by atoms with Crippen LogP contribution in [-0.2, 0) is 6.54 Å². The van der Waals surface area contributed by atoms with E-state index in [0.29, 0.717) is 0 Å². The molecule has 0 aliphatic rings. The number of rotatable bonds is 6. The smallest absolute Gasteiger partial charge is 0.0897 e. The molecule has 0 radical (unpaired) electrons. The quantitative estimate of drug-likeness (QED) is 0.782. The molecule has 0 bridgehead atoms. The van der Waals surface area contributed by atoms with Gasteiger partial charge in [-0.3, -0.25) is 0 Å². The zero-order chi connectivity index (χ0) is 11.3. The maximum Gasteiger partial charge on any atom is 0.0897 e. The molecular weight excluding hydrogens is 206 g/mol. The first-order valence-corrected chi connectivity index (χ1v) is 6.26. The first kappa shape index (κ1) is 12.6. The van der Waals surface area contributed by atoms with Crippen LogP contribution in [0.25, 0.3) is 0 Å². The molecule has 3 nitrogen and oxygen atoms in total. The van der Waals surface area contributed by atoms with Crippen LogP contribution < -0.4 is 11.1 Å². The summed E-state index contributed by atoms with van der Waals surface area (Å²) in [6.45, 7) is 8.02. The molecule has 1 rings (SSSR count). The second-order valence-corrected chi connectivity index (χ2v) is 5.67. The third-order valence-electron chi connectivity index (χ3n) is 2.32. The third kappa shape index (κ3) is 4.73. The molecule has 0 aliphatic carbocycles. The van der Waals surface area contributed by atoms with Gasteiger partial charge in [-0.1, -0.05) is 13.3 Å².